The van der Waals surface area contributed by atoms with E-state index in [0.717, 1.165) is 25.7 Å². The average molecular weight is 328 g/mol. The molecule has 1 saturated carbocycles. The van der Waals surface area contributed by atoms with E-state index in [1.165, 1.54) is 0 Å². The molecular weight excluding hydrogens is 300 g/mol. The summed E-state index contributed by atoms with van der Waals surface area (Å²) in [7, 11) is 0. The molecule has 7 nitrogen and oxygen atoms in total. The van der Waals surface area contributed by atoms with Crippen LogP contribution in [0.15, 0.2) is 0 Å². The maximum absolute atomic E-state index is 12.0. The zero-order chi connectivity index (χ0) is 17.1. The number of carbonyl (C=O) groups is 3. The van der Waals surface area contributed by atoms with E-state index in [9.17, 15) is 14.4 Å². The van der Waals surface area contributed by atoms with Gasteiger partial charge in [0.25, 0.3) is 0 Å². The molecule has 1 aliphatic carbocycles. The van der Waals surface area contributed by atoms with Crippen LogP contribution in [0.4, 0.5) is 0 Å². The van der Waals surface area contributed by atoms with Crippen molar-refractivity contribution in [1.82, 2.24) is 10.6 Å². The fraction of sp³-hybridized carbons (Fsp3) is 0.812. The van der Waals surface area contributed by atoms with Gasteiger partial charge in [-0.05, 0) is 25.7 Å². The Morgan fingerprint density at radius 2 is 1.83 bits per heavy atom. The van der Waals surface area contributed by atoms with Gasteiger partial charge >= 0.3 is 0 Å². The van der Waals surface area contributed by atoms with Crippen LogP contribution in [-0.2, 0) is 19.1 Å². The number of hydrogen-bond acceptors (Lipinski definition) is 5. The Morgan fingerprint density at radius 3 is 2.43 bits per heavy atom. The van der Waals surface area contributed by atoms with E-state index in [2.05, 4.69) is 10.6 Å². The second-order valence-electron chi connectivity index (χ2n) is 5.81. The van der Waals surface area contributed by atoms with Gasteiger partial charge in [-0.2, -0.15) is 0 Å². The Bertz CT molecular complexity index is 392. The van der Waals surface area contributed by atoms with Crippen LogP contribution in [0.2, 0.25) is 0 Å². The van der Waals surface area contributed by atoms with Gasteiger partial charge in [0.05, 0.1) is 26.4 Å². The van der Waals surface area contributed by atoms with Crippen LogP contribution in [0.1, 0.15) is 45.4 Å². The lowest BCUT2D eigenvalue weighted by Crippen LogP contribution is -2.41. The molecule has 0 aromatic heterocycles. The van der Waals surface area contributed by atoms with Crippen LogP contribution in [0, 0.1) is 5.92 Å². The van der Waals surface area contributed by atoms with E-state index < -0.39 is 0 Å². The highest BCUT2D eigenvalue weighted by Crippen LogP contribution is 2.24. The number of aliphatic hydroxyl groups is 1. The molecule has 1 fully saturated rings. The second-order valence-corrected chi connectivity index (χ2v) is 5.81. The van der Waals surface area contributed by atoms with Crippen molar-refractivity contribution in [2.75, 3.05) is 26.4 Å². The van der Waals surface area contributed by atoms with Gasteiger partial charge in [0.1, 0.15) is 0 Å². The van der Waals surface area contributed by atoms with Crippen molar-refractivity contribution < 1.29 is 24.2 Å². The maximum atomic E-state index is 12.0. The lowest BCUT2D eigenvalue weighted by molar-refractivity contribution is -0.128. The van der Waals surface area contributed by atoms with Crippen molar-refractivity contribution in [3.05, 3.63) is 0 Å². The van der Waals surface area contributed by atoms with Gasteiger partial charge in [-0.3, -0.25) is 14.4 Å². The Hall–Kier alpha value is -1.47. The van der Waals surface area contributed by atoms with E-state index >= 15 is 0 Å². The van der Waals surface area contributed by atoms with Crippen molar-refractivity contribution in [2.24, 2.45) is 5.92 Å². The Morgan fingerprint density at radius 1 is 1.13 bits per heavy atom. The Kier molecular flexibility index (Phi) is 9.47. The van der Waals surface area contributed by atoms with Crippen molar-refractivity contribution in [1.29, 1.82) is 0 Å². The summed E-state index contributed by atoms with van der Waals surface area (Å²) in [6.45, 7) is 2.39. The van der Waals surface area contributed by atoms with Crippen molar-refractivity contribution >= 4 is 17.6 Å². The molecule has 0 spiro atoms. The zero-order valence-corrected chi connectivity index (χ0v) is 13.8. The Labute approximate surface area is 137 Å². The molecule has 3 N–H and O–H groups in total. The zero-order valence-electron chi connectivity index (χ0n) is 13.8. The molecule has 1 aliphatic rings. The molecule has 23 heavy (non-hydrogen) atoms. The van der Waals surface area contributed by atoms with Gasteiger partial charge in [-0.25, -0.2) is 0 Å². The first-order valence-electron chi connectivity index (χ1n) is 8.34. The summed E-state index contributed by atoms with van der Waals surface area (Å²) >= 11 is 0. The minimum absolute atomic E-state index is 0.0303. The monoisotopic (exact) mass is 328 g/mol. The molecule has 0 aromatic rings. The maximum Gasteiger partial charge on any atom is 0.223 e. The number of Topliss-reactive ketones (excluding diaryl/α,β-unsaturated/α-hetero) is 1. The molecule has 7 heteroatoms. The fourth-order valence-corrected chi connectivity index (χ4v) is 2.59. The third-order valence-corrected chi connectivity index (χ3v) is 4.03. The van der Waals surface area contributed by atoms with E-state index in [4.69, 9.17) is 9.84 Å². The highest BCUT2D eigenvalue weighted by molar-refractivity contribution is 5.86. The second kappa shape index (κ2) is 11.1. The molecule has 0 radical (unpaired) electrons. The van der Waals surface area contributed by atoms with E-state index in [0.29, 0.717) is 13.0 Å². The van der Waals surface area contributed by atoms with Crippen LogP contribution in [-0.4, -0.2) is 55.1 Å². The highest BCUT2D eigenvalue weighted by atomic mass is 16.5. The predicted octanol–water partition coefficient (Wildman–Crippen LogP) is 0.156. The van der Waals surface area contributed by atoms with Crippen LogP contribution >= 0.6 is 0 Å². The smallest absolute Gasteiger partial charge is 0.223 e. The lowest BCUT2D eigenvalue weighted by atomic mass is 9.85. The van der Waals surface area contributed by atoms with Gasteiger partial charge < -0.3 is 20.5 Å². The normalized spacial score (nSPS) is 20.8. The third-order valence-electron chi connectivity index (χ3n) is 4.03. The molecule has 0 atom stereocenters. The topological polar surface area (TPSA) is 105 Å². The van der Waals surface area contributed by atoms with Crippen LogP contribution in [0.25, 0.3) is 0 Å². The third kappa shape index (κ3) is 8.08. The van der Waals surface area contributed by atoms with Gasteiger partial charge in [0.15, 0.2) is 5.78 Å². The standard InChI is InChI=1S/C16H28N2O5/c1-2-14(20)11-17-16(22)12-3-5-13(6-4-12)18-15(21)7-9-23-10-8-19/h12-13,19H,2-11H2,1H3,(H,17,22)(H,18,21). The van der Waals surface area contributed by atoms with E-state index in [-0.39, 0.29) is 55.7 Å². The largest absolute Gasteiger partial charge is 0.394 e. The van der Waals surface area contributed by atoms with Gasteiger partial charge in [-0.15, -0.1) is 0 Å². The molecule has 2 amide bonds. The molecule has 1 rings (SSSR count). The minimum Gasteiger partial charge on any atom is -0.394 e. The molecule has 0 saturated heterocycles. The van der Waals surface area contributed by atoms with Crippen LogP contribution in [0.3, 0.4) is 0 Å². The molecule has 0 aromatic carbocycles. The summed E-state index contributed by atoms with van der Waals surface area (Å²) in [5.41, 5.74) is 0. The first kappa shape index (κ1) is 19.6. The van der Waals surface area contributed by atoms with Gasteiger partial charge in [0.2, 0.25) is 11.8 Å². The SMILES string of the molecule is CCC(=O)CNC(=O)C1CCC(NC(=O)CCOCCO)CC1. The first-order valence-corrected chi connectivity index (χ1v) is 8.34. The van der Waals surface area contributed by atoms with Gasteiger partial charge in [-0.1, -0.05) is 6.92 Å². The van der Waals surface area contributed by atoms with E-state index in [1.807, 2.05) is 0 Å². The lowest BCUT2D eigenvalue weighted by Gasteiger charge is -2.28. The van der Waals surface area contributed by atoms with Crippen LogP contribution in [0.5, 0.6) is 0 Å². The molecule has 0 heterocycles. The number of nitrogens with one attached hydrogen (secondary N) is 2. The predicted molar refractivity (Wildman–Crippen MR) is 84.7 cm³/mol. The molecule has 0 unspecified atom stereocenters. The van der Waals surface area contributed by atoms with Crippen molar-refractivity contribution in [2.45, 2.75) is 51.5 Å². The summed E-state index contributed by atoms with van der Waals surface area (Å²) in [5, 5.41) is 14.2. The number of hydrogen-bond donors (Lipinski definition) is 3. The number of rotatable bonds is 10. The summed E-state index contributed by atoms with van der Waals surface area (Å²) in [5.74, 6) is -0.165. The number of carbonyl (C=O) groups excluding carboxylic acids is 3. The molecule has 0 bridgehead atoms. The van der Waals surface area contributed by atoms with Crippen molar-refractivity contribution in [3.63, 3.8) is 0 Å². The minimum atomic E-state index is -0.0688. The highest BCUT2D eigenvalue weighted by Gasteiger charge is 2.27. The van der Waals surface area contributed by atoms with Gasteiger partial charge in [0, 0.05) is 24.8 Å². The molecule has 0 aliphatic heterocycles. The Balaban J connectivity index is 2.18. The number of ether oxygens (including phenoxy) is 1. The summed E-state index contributed by atoms with van der Waals surface area (Å²) < 4.78 is 5.06. The first-order chi connectivity index (χ1) is 11.1. The number of aliphatic hydroxyl groups excluding tert-OH is 1. The van der Waals surface area contributed by atoms with Crippen LogP contribution < -0.4 is 10.6 Å². The summed E-state index contributed by atoms with van der Waals surface area (Å²) in [6.07, 6.45) is 3.68. The average Bonchev–Trinajstić information content (AvgIpc) is 2.57. The van der Waals surface area contributed by atoms with E-state index in [1.54, 1.807) is 6.92 Å². The fourth-order valence-electron chi connectivity index (χ4n) is 2.59. The molecular formula is C16H28N2O5. The number of amides is 2. The summed E-state index contributed by atoms with van der Waals surface area (Å²) in [4.78, 5) is 34.9. The molecule has 132 valence electrons. The van der Waals surface area contributed by atoms with Crippen molar-refractivity contribution in [3.8, 4) is 0 Å². The quantitative estimate of drug-likeness (QED) is 0.495. The number of ketones is 1. The summed E-state index contributed by atoms with van der Waals surface area (Å²) in [6, 6.07) is 0.0988.